The van der Waals surface area contributed by atoms with Gasteiger partial charge in [-0.3, -0.25) is 9.69 Å². The van der Waals surface area contributed by atoms with Gasteiger partial charge in [0.05, 0.1) is 0 Å². The van der Waals surface area contributed by atoms with Crippen molar-refractivity contribution in [2.24, 2.45) is 0 Å². The number of hydrogen-bond donors (Lipinski definition) is 0. The largest absolute Gasteiger partial charge is 0.458 e. The van der Waals surface area contributed by atoms with E-state index in [0.717, 1.165) is 32.5 Å². The summed E-state index contributed by atoms with van der Waals surface area (Å²) in [4.78, 5) is 13.1. The van der Waals surface area contributed by atoms with Gasteiger partial charge in [-0.25, -0.2) is 0 Å². The van der Waals surface area contributed by atoms with Gasteiger partial charge in [-0.05, 0) is 0 Å². The quantitative estimate of drug-likeness (QED) is 0.513. The molecule has 0 spiro atoms. The van der Waals surface area contributed by atoms with Crippen molar-refractivity contribution in [1.29, 1.82) is 0 Å². The van der Waals surface area contributed by atoms with Crippen LogP contribution in [0.4, 0.5) is 0 Å². The molecule has 11 heavy (non-hydrogen) atoms. The van der Waals surface area contributed by atoms with Crippen LogP contribution in [-0.2, 0) is 9.53 Å². The molecule has 62 valence electrons. The number of piperidine rings is 1. The van der Waals surface area contributed by atoms with Crippen molar-refractivity contribution in [3.05, 3.63) is 0 Å². The van der Waals surface area contributed by atoms with Crippen molar-refractivity contribution in [1.82, 2.24) is 4.90 Å². The standard InChI is InChI=1S/C8H13NO2/c1-7(10)11-8-2-4-9(6-8)5-3-8/h2-6H2,1H3. The third-order valence-corrected chi connectivity index (χ3v) is 2.64. The molecule has 0 atom stereocenters. The first-order valence-electron chi connectivity index (χ1n) is 4.12. The predicted molar refractivity (Wildman–Crippen MR) is 40.2 cm³/mol. The Bertz CT molecular complexity index is 183. The predicted octanol–water partition coefficient (Wildman–Crippen LogP) is 0.398. The lowest BCUT2D eigenvalue weighted by Crippen LogP contribution is -2.32. The Morgan fingerprint density at radius 3 is 2.45 bits per heavy atom. The van der Waals surface area contributed by atoms with E-state index in [1.807, 2.05) is 0 Å². The lowest BCUT2D eigenvalue weighted by atomic mass is 10.00. The molecule has 0 radical (unpaired) electrons. The molecule has 0 aromatic rings. The summed E-state index contributed by atoms with van der Waals surface area (Å²) in [6, 6.07) is 0. The molecule has 0 aromatic heterocycles. The summed E-state index contributed by atoms with van der Waals surface area (Å²) in [5.74, 6) is -0.131. The fourth-order valence-corrected chi connectivity index (χ4v) is 2.12. The minimum atomic E-state index is -0.131. The molecule has 2 aliphatic rings. The van der Waals surface area contributed by atoms with Crippen LogP contribution in [0.3, 0.4) is 0 Å². The number of hydrogen-bond acceptors (Lipinski definition) is 3. The third-order valence-electron chi connectivity index (χ3n) is 2.64. The molecular formula is C8H13NO2. The molecule has 0 unspecified atom stereocenters. The van der Waals surface area contributed by atoms with Crippen molar-refractivity contribution in [2.45, 2.75) is 25.4 Å². The van der Waals surface area contributed by atoms with E-state index >= 15 is 0 Å². The molecule has 2 bridgehead atoms. The maximum atomic E-state index is 10.7. The summed E-state index contributed by atoms with van der Waals surface area (Å²) in [6.45, 7) is 4.67. The first kappa shape index (κ1) is 7.10. The summed E-state index contributed by atoms with van der Waals surface area (Å²) >= 11 is 0. The van der Waals surface area contributed by atoms with Crippen LogP contribution < -0.4 is 0 Å². The number of carbonyl (C=O) groups excluding carboxylic acids is 1. The minimum Gasteiger partial charge on any atom is -0.458 e. The van der Waals surface area contributed by atoms with Crippen molar-refractivity contribution >= 4 is 5.97 Å². The summed E-state index contributed by atoms with van der Waals surface area (Å²) in [5, 5.41) is 0. The fraction of sp³-hybridized carbons (Fsp3) is 0.875. The Morgan fingerprint density at radius 1 is 1.45 bits per heavy atom. The van der Waals surface area contributed by atoms with Crippen molar-refractivity contribution in [3.8, 4) is 0 Å². The highest BCUT2D eigenvalue weighted by Crippen LogP contribution is 2.35. The van der Waals surface area contributed by atoms with Crippen molar-refractivity contribution < 1.29 is 9.53 Å². The van der Waals surface area contributed by atoms with Crippen LogP contribution >= 0.6 is 0 Å². The first-order valence-corrected chi connectivity index (χ1v) is 4.12. The van der Waals surface area contributed by atoms with Gasteiger partial charge in [-0.2, -0.15) is 0 Å². The molecule has 0 N–H and O–H groups in total. The van der Waals surface area contributed by atoms with Gasteiger partial charge in [-0.1, -0.05) is 0 Å². The third kappa shape index (κ3) is 1.13. The number of carbonyl (C=O) groups is 1. The van der Waals surface area contributed by atoms with E-state index in [4.69, 9.17) is 4.74 Å². The van der Waals surface area contributed by atoms with Gasteiger partial charge < -0.3 is 4.74 Å². The highest BCUT2D eigenvalue weighted by atomic mass is 16.6. The van der Waals surface area contributed by atoms with E-state index in [0.29, 0.717) is 0 Å². The van der Waals surface area contributed by atoms with Crippen LogP contribution in [0.25, 0.3) is 0 Å². The maximum Gasteiger partial charge on any atom is 0.303 e. The SMILES string of the molecule is CC(=O)OC12CCN(CC1)C2. The molecule has 0 amide bonds. The van der Waals surface area contributed by atoms with Gasteiger partial charge >= 0.3 is 5.97 Å². The Labute approximate surface area is 66.3 Å². The highest BCUT2D eigenvalue weighted by molar-refractivity contribution is 5.66. The zero-order chi connectivity index (χ0) is 7.90. The second-order valence-electron chi connectivity index (χ2n) is 3.55. The van der Waals surface area contributed by atoms with Gasteiger partial charge in [0.1, 0.15) is 5.60 Å². The lowest BCUT2D eigenvalue weighted by molar-refractivity contribution is -0.154. The van der Waals surface area contributed by atoms with Gasteiger partial charge in [0.2, 0.25) is 0 Å². The number of nitrogens with zero attached hydrogens (tertiary/aromatic N) is 1. The number of rotatable bonds is 1. The molecule has 2 fully saturated rings. The molecule has 0 aliphatic carbocycles. The molecule has 2 saturated heterocycles. The molecule has 2 heterocycles. The monoisotopic (exact) mass is 155 g/mol. The number of fused-ring (bicyclic) bond motifs is 2. The van der Waals surface area contributed by atoms with Crippen LogP contribution in [0, 0.1) is 0 Å². The number of ether oxygens (including phenoxy) is 1. The molecule has 3 nitrogen and oxygen atoms in total. The zero-order valence-corrected chi connectivity index (χ0v) is 6.80. The van der Waals surface area contributed by atoms with Crippen LogP contribution in [-0.4, -0.2) is 36.1 Å². The molecular weight excluding hydrogens is 142 g/mol. The Balaban J connectivity index is 2.05. The van der Waals surface area contributed by atoms with Crippen LogP contribution in [0.5, 0.6) is 0 Å². The van der Waals surface area contributed by atoms with Gasteiger partial charge in [0.15, 0.2) is 0 Å². The van der Waals surface area contributed by atoms with E-state index < -0.39 is 0 Å². The fourth-order valence-electron chi connectivity index (χ4n) is 2.12. The second kappa shape index (κ2) is 2.21. The van der Waals surface area contributed by atoms with E-state index in [1.165, 1.54) is 6.92 Å². The zero-order valence-electron chi connectivity index (χ0n) is 6.80. The molecule has 0 aromatic carbocycles. The Kier molecular flexibility index (Phi) is 1.42. The van der Waals surface area contributed by atoms with Crippen molar-refractivity contribution in [3.63, 3.8) is 0 Å². The van der Waals surface area contributed by atoms with Gasteiger partial charge in [0.25, 0.3) is 0 Å². The van der Waals surface area contributed by atoms with Gasteiger partial charge in [0, 0.05) is 39.4 Å². The molecule has 2 rings (SSSR count). The minimum absolute atomic E-state index is 0.0914. The summed E-state index contributed by atoms with van der Waals surface area (Å²) in [7, 11) is 0. The van der Waals surface area contributed by atoms with E-state index in [9.17, 15) is 4.79 Å². The second-order valence-corrected chi connectivity index (χ2v) is 3.55. The van der Waals surface area contributed by atoms with Crippen molar-refractivity contribution in [2.75, 3.05) is 19.6 Å². The highest BCUT2D eigenvalue weighted by Gasteiger charge is 2.46. The Hall–Kier alpha value is -0.570. The average Bonchev–Trinajstić information content (AvgIpc) is 2.43. The maximum absolute atomic E-state index is 10.7. The molecule has 0 saturated carbocycles. The number of esters is 1. The Morgan fingerprint density at radius 2 is 2.09 bits per heavy atom. The summed E-state index contributed by atoms with van der Waals surface area (Å²) in [6.07, 6.45) is 2.07. The smallest absolute Gasteiger partial charge is 0.303 e. The topological polar surface area (TPSA) is 29.5 Å². The van der Waals surface area contributed by atoms with E-state index in [1.54, 1.807) is 0 Å². The van der Waals surface area contributed by atoms with Crippen LogP contribution in [0.2, 0.25) is 0 Å². The molecule has 2 aliphatic heterocycles. The van der Waals surface area contributed by atoms with Crippen LogP contribution in [0.1, 0.15) is 19.8 Å². The lowest BCUT2D eigenvalue weighted by Gasteiger charge is -2.24. The average molecular weight is 155 g/mol. The summed E-state index contributed by atoms with van der Waals surface area (Å²) in [5.41, 5.74) is -0.0914. The normalized spacial score (nSPS) is 41.0. The van der Waals surface area contributed by atoms with Gasteiger partial charge in [-0.15, -0.1) is 0 Å². The van der Waals surface area contributed by atoms with E-state index in [-0.39, 0.29) is 11.6 Å². The molecule has 3 heteroatoms. The van der Waals surface area contributed by atoms with Crippen LogP contribution in [0.15, 0.2) is 0 Å². The summed E-state index contributed by atoms with van der Waals surface area (Å²) < 4.78 is 5.31. The first-order chi connectivity index (χ1) is 5.20. The van der Waals surface area contributed by atoms with E-state index in [2.05, 4.69) is 4.90 Å².